The number of nitrogens with zero attached hydrogens (tertiary/aromatic N) is 3. The lowest BCUT2D eigenvalue weighted by molar-refractivity contribution is -0.384. The van der Waals surface area contributed by atoms with E-state index in [0.29, 0.717) is 18.6 Å². The molecule has 2 aromatic carbocycles. The number of benzene rings is 2. The van der Waals surface area contributed by atoms with E-state index in [2.05, 4.69) is 0 Å². The molecule has 0 unspecified atom stereocenters. The maximum atomic E-state index is 13.7. The third kappa shape index (κ3) is 4.37. The summed E-state index contributed by atoms with van der Waals surface area (Å²) in [7, 11) is 1.49. The number of carbonyl (C=O) groups is 4. The minimum Gasteiger partial charge on any atom is -0.497 e. The second-order valence-electron chi connectivity index (χ2n) is 8.91. The molecule has 0 aromatic heterocycles. The highest BCUT2D eigenvalue weighted by atomic mass is 16.6. The van der Waals surface area contributed by atoms with E-state index in [1.54, 1.807) is 12.1 Å². The quantitative estimate of drug-likeness (QED) is 0.190. The zero-order valence-corrected chi connectivity index (χ0v) is 20.0. The first kappa shape index (κ1) is 24.8. The lowest BCUT2D eigenvalue weighted by Gasteiger charge is -2.34. The lowest BCUT2D eigenvalue weighted by atomic mass is 9.82. The standard InChI is InChI=1S/C26H25N3O7/c1-15-4-13-21-22(14-15)26(33)28(25(21)32)27(24(31)18-5-9-19(10-6-18)29(34)35)16(2)23(30)17-7-11-20(36-3)12-8-17/h4-12,16,21-22H,13-14H2,1-3H3/t16-,21-,22+/m0/s1. The SMILES string of the molecule is COc1ccc(C(=O)[C@H](C)N(C(=O)c2ccc([N+](=O)[O-])cc2)N2C(=O)[C@H]3CC=C(C)C[C@H]3C2=O)cc1. The predicted octanol–water partition coefficient (Wildman–Crippen LogP) is 3.57. The summed E-state index contributed by atoms with van der Waals surface area (Å²) in [5.41, 5.74) is 1.02. The third-order valence-electron chi connectivity index (χ3n) is 6.67. The fourth-order valence-electron chi connectivity index (χ4n) is 4.64. The molecule has 2 aromatic rings. The molecule has 0 spiro atoms. The van der Waals surface area contributed by atoms with Gasteiger partial charge in [0, 0.05) is 23.3 Å². The normalized spacial score (nSPS) is 19.9. The van der Waals surface area contributed by atoms with Crippen LogP contribution in [-0.2, 0) is 9.59 Å². The van der Waals surface area contributed by atoms with Crippen molar-refractivity contribution in [3.8, 4) is 5.75 Å². The number of imide groups is 1. The summed E-state index contributed by atoms with van der Waals surface area (Å²) in [5, 5.41) is 12.7. The summed E-state index contributed by atoms with van der Waals surface area (Å²) in [4.78, 5) is 64.3. The monoisotopic (exact) mass is 491 g/mol. The molecule has 10 nitrogen and oxygen atoms in total. The number of hydrogen-bond donors (Lipinski definition) is 0. The smallest absolute Gasteiger partial charge is 0.273 e. The minimum atomic E-state index is -1.22. The number of fused-ring (bicyclic) bond motifs is 1. The van der Waals surface area contributed by atoms with E-state index < -0.39 is 46.3 Å². The van der Waals surface area contributed by atoms with Crippen LogP contribution >= 0.6 is 0 Å². The molecule has 186 valence electrons. The number of Topliss-reactive ketones (excluding diaryl/α,β-unsaturated/α-hetero) is 1. The number of amides is 3. The molecule has 3 atom stereocenters. The van der Waals surface area contributed by atoms with Gasteiger partial charge in [0.05, 0.1) is 23.9 Å². The first-order valence-corrected chi connectivity index (χ1v) is 11.4. The Kier molecular flexibility index (Phi) is 6.69. The molecule has 0 saturated carbocycles. The first-order chi connectivity index (χ1) is 17.1. The van der Waals surface area contributed by atoms with Crippen molar-refractivity contribution in [3.05, 3.63) is 81.4 Å². The van der Waals surface area contributed by atoms with Crippen LogP contribution in [0.3, 0.4) is 0 Å². The third-order valence-corrected chi connectivity index (χ3v) is 6.67. The van der Waals surface area contributed by atoms with Gasteiger partial charge >= 0.3 is 0 Å². The number of rotatable bonds is 7. The average molecular weight is 492 g/mol. The number of nitro benzene ring substituents is 1. The van der Waals surface area contributed by atoms with Crippen LogP contribution in [0.25, 0.3) is 0 Å². The second kappa shape index (κ2) is 9.73. The molecule has 0 N–H and O–H groups in total. The number of ether oxygens (including phenoxy) is 1. The van der Waals surface area contributed by atoms with Gasteiger partial charge in [0.15, 0.2) is 5.78 Å². The van der Waals surface area contributed by atoms with E-state index in [4.69, 9.17) is 4.74 Å². The van der Waals surface area contributed by atoms with Crippen molar-refractivity contribution < 1.29 is 28.8 Å². The number of ketones is 1. The molecule has 1 aliphatic carbocycles. The molecule has 1 heterocycles. The second-order valence-corrected chi connectivity index (χ2v) is 8.91. The van der Waals surface area contributed by atoms with E-state index in [1.807, 2.05) is 13.0 Å². The van der Waals surface area contributed by atoms with Crippen LogP contribution in [0.2, 0.25) is 0 Å². The van der Waals surface area contributed by atoms with Crippen molar-refractivity contribution >= 4 is 29.2 Å². The number of nitro groups is 1. The lowest BCUT2D eigenvalue weighted by Crippen LogP contribution is -2.56. The molecule has 1 saturated heterocycles. The number of carbonyl (C=O) groups excluding carboxylic acids is 4. The average Bonchev–Trinajstić information content (AvgIpc) is 3.12. The van der Waals surface area contributed by atoms with Crippen molar-refractivity contribution in [1.29, 1.82) is 0 Å². The topological polar surface area (TPSA) is 127 Å². The summed E-state index contributed by atoms with van der Waals surface area (Å²) >= 11 is 0. The zero-order chi connectivity index (χ0) is 26.1. The van der Waals surface area contributed by atoms with Gasteiger partial charge < -0.3 is 4.74 Å². The van der Waals surface area contributed by atoms with Crippen LogP contribution in [0.15, 0.2) is 60.2 Å². The summed E-state index contributed by atoms with van der Waals surface area (Å²) < 4.78 is 5.13. The van der Waals surface area contributed by atoms with Crippen LogP contribution in [0, 0.1) is 22.0 Å². The molecule has 0 radical (unpaired) electrons. The van der Waals surface area contributed by atoms with Crippen molar-refractivity contribution in [2.24, 2.45) is 11.8 Å². The van der Waals surface area contributed by atoms with Crippen molar-refractivity contribution in [2.75, 3.05) is 7.11 Å². The Morgan fingerprint density at radius 2 is 1.61 bits per heavy atom. The zero-order valence-electron chi connectivity index (χ0n) is 20.0. The molecule has 2 aliphatic rings. The highest BCUT2D eigenvalue weighted by Crippen LogP contribution is 2.39. The highest BCUT2D eigenvalue weighted by molar-refractivity contribution is 6.10. The summed E-state index contributed by atoms with van der Waals surface area (Å²) in [6.07, 6.45) is 2.67. The van der Waals surface area contributed by atoms with Crippen LogP contribution < -0.4 is 4.74 Å². The molecular weight excluding hydrogens is 466 g/mol. The van der Waals surface area contributed by atoms with E-state index >= 15 is 0 Å². The van der Waals surface area contributed by atoms with Gasteiger partial charge in [-0.2, -0.15) is 5.01 Å². The Morgan fingerprint density at radius 3 is 2.19 bits per heavy atom. The summed E-state index contributed by atoms with van der Waals surface area (Å²) in [6, 6.07) is 9.83. The minimum absolute atomic E-state index is 0.000224. The summed E-state index contributed by atoms with van der Waals surface area (Å²) in [6.45, 7) is 3.33. The van der Waals surface area contributed by atoms with Gasteiger partial charge in [0.2, 0.25) is 0 Å². The van der Waals surface area contributed by atoms with Gasteiger partial charge in [0.25, 0.3) is 23.4 Å². The molecule has 36 heavy (non-hydrogen) atoms. The van der Waals surface area contributed by atoms with Crippen LogP contribution in [0.1, 0.15) is 47.4 Å². The number of non-ortho nitro benzene ring substituents is 1. The Labute approximate surface area is 207 Å². The van der Waals surface area contributed by atoms with Gasteiger partial charge in [-0.15, -0.1) is 0 Å². The summed E-state index contributed by atoms with van der Waals surface area (Å²) in [5.74, 6) is -3.05. The maximum Gasteiger partial charge on any atom is 0.273 e. The van der Waals surface area contributed by atoms with Crippen LogP contribution in [-0.4, -0.2) is 51.6 Å². The van der Waals surface area contributed by atoms with Gasteiger partial charge in [-0.3, -0.25) is 29.3 Å². The van der Waals surface area contributed by atoms with E-state index in [-0.39, 0.29) is 16.8 Å². The van der Waals surface area contributed by atoms with E-state index in [1.165, 1.54) is 38.3 Å². The van der Waals surface area contributed by atoms with E-state index in [0.717, 1.165) is 27.7 Å². The molecule has 1 fully saturated rings. The Balaban J connectivity index is 1.73. The number of allylic oxidation sites excluding steroid dienone is 2. The molecule has 0 bridgehead atoms. The Bertz CT molecular complexity index is 1270. The predicted molar refractivity (Wildman–Crippen MR) is 128 cm³/mol. The molecule has 3 amide bonds. The fourth-order valence-corrected chi connectivity index (χ4v) is 4.64. The molecule has 4 rings (SSSR count). The van der Waals surface area contributed by atoms with Crippen molar-refractivity contribution in [2.45, 2.75) is 32.7 Å². The van der Waals surface area contributed by atoms with Crippen molar-refractivity contribution in [1.82, 2.24) is 10.0 Å². The van der Waals surface area contributed by atoms with Gasteiger partial charge in [-0.05, 0) is 63.1 Å². The van der Waals surface area contributed by atoms with Crippen LogP contribution in [0.4, 0.5) is 5.69 Å². The number of methoxy groups -OCH3 is 1. The van der Waals surface area contributed by atoms with Gasteiger partial charge in [0.1, 0.15) is 11.8 Å². The molecular formula is C26H25N3O7. The van der Waals surface area contributed by atoms with Crippen LogP contribution in [0.5, 0.6) is 5.75 Å². The Morgan fingerprint density at radius 1 is 1.03 bits per heavy atom. The molecule has 10 heteroatoms. The van der Waals surface area contributed by atoms with E-state index in [9.17, 15) is 29.3 Å². The Hall–Kier alpha value is -4.34. The fraction of sp³-hybridized carbons (Fsp3) is 0.308. The first-order valence-electron chi connectivity index (χ1n) is 11.4. The largest absolute Gasteiger partial charge is 0.497 e. The highest BCUT2D eigenvalue weighted by Gasteiger charge is 2.53. The van der Waals surface area contributed by atoms with Crippen molar-refractivity contribution in [3.63, 3.8) is 0 Å². The molecule has 1 aliphatic heterocycles. The van der Waals surface area contributed by atoms with Gasteiger partial charge in [-0.1, -0.05) is 11.6 Å². The number of hydrogen-bond acceptors (Lipinski definition) is 7. The maximum absolute atomic E-state index is 13.7. The van der Waals surface area contributed by atoms with Gasteiger partial charge in [-0.25, -0.2) is 5.01 Å². The number of hydrazine groups is 1.